The molecule has 0 amide bonds. The van der Waals surface area contributed by atoms with Gasteiger partial charge in [-0.25, -0.2) is 31.7 Å². The molecule has 3 heterocycles. The molecule has 4 aromatic rings. The number of hydrogen-bond donors (Lipinski definition) is 1. The Morgan fingerprint density at radius 2 is 1.89 bits per heavy atom. The largest absolute Gasteiger partial charge is 0.396 e. The first kappa shape index (κ1) is 24.8. The van der Waals surface area contributed by atoms with Crippen LogP contribution >= 0.6 is 11.6 Å². The van der Waals surface area contributed by atoms with E-state index in [2.05, 4.69) is 15.0 Å². The Balaban J connectivity index is 1.59. The quantitative estimate of drug-likeness (QED) is 0.370. The molecule has 36 heavy (non-hydrogen) atoms. The third-order valence-corrected chi connectivity index (χ3v) is 8.72. The molecule has 1 saturated carbocycles. The number of halogens is 2. The minimum Gasteiger partial charge on any atom is -0.396 e. The molecular formula is C26H26ClFN4O3S. The first-order valence-electron chi connectivity index (χ1n) is 11.9. The van der Waals surface area contributed by atoms with E-state index in [-0.39, 0.29) is 40.5 Å². The van der Waals surface area contributed by atoms with Crippen molar-refractivity contribution in [2.45, 2.75) is 43.9 Å². The summed E-state index contributed by atoms with van der Waals surface area (Å²) in [6.45, 7) is 2.01. The summed E-state index contributed by atoms with van der Waals surface area (Å²) in [7, 11) is -3.97. The van der Waals surface area contributed by atoms with Gasteiger partial charge in [0.1, 0.15) is 0 Å². The highest BCUT2D eigenvalue weighted by molar-refractivity contribution is 7.90. The predicted molar refractivity (Wildman–Crippen MR) is 136 cm³/mol. The molecule has 1 aromatic carbocycles. The van der Waals surface area contributed by atoms with Crippen LogP contribution in [0.1, 0.15) is 36.9 Å². The number of hydrogen-bond acceptors (Lipinski definition) is 6. The number of aryl methyl sites for hydroxylation is 1. The van der Waals surface area contributed by atoms with Gasteiger partial charge in [-0.15, -0.1) is 0 Å². The number of aromatic nitrogens is 4. The van der Waals surface area contributed by atoms with Crippen LogP contribution in [0.25, 0.3) is 22.4 Å². The topological polar surface area (TPSA) is 98.0 Å². The van der Waals surface area contributed by atoms with E-state index < -0.39 is 15.8 Å². The van der Waals surface area contributed by atoms with Gasteiger partial charge in [0.2, 0.25) is 0 Å². The molecule has 188 valence electrons. The smallest absolute Gasteiger partial charge is 0.269 e. The Labute approximate surface area is 214 Å². The molecule has 0 aliphatic heterocycles. The van der Waals surface area contributed by atoms with Gasteiger partial charge < -0.3 is 5.11 Å². The van der Waals surface area contributed by atoms with Gasteiger partial charge in [-0.05, 0) is 56.2 Å². The van der Waals surface area contributed by atoms with Crippen molar-refractivity contribution in [1.82, 2.24) is 18.9 Å². The van der Waals surface area contributed by atoms with Crippen molar-refractivity contribution in [3.63, 3.8) is 0 Å². The average molecular weight is 529 g/mol. The molecule has 0 unspecified atom stereocenters. The monoisotopic (exact) mass is 528 g/mol. The van der Waals surface area contributed by atoms with E-state index in [1.54, 1.807) is 30.3 Å². The summed E-state index contributed by atoms with van der Waals surface area (Å²) in [5, 5.41) is 10.3. The fraction of sp³-hybridized carbons (Fsp3) is 0.346. The number of aliphatic hydroxyl groups excluding tert-OH is 1. The SMILES string of the molecule is Cc1ccc(S(=O)(=O)n2cc(-c3ncc(F)c(C[C@@H]4CCC[C@@H](CO)C4)n3)c3cc(Cl)cnc32)cc1. The maximum absolute atomic E-state index is 14.7. The number of aliphatic hydroxyl groups is 1. The van der Waals surface area contributed by atoms with E-state index in [4.69, 9.17) is 11.6 Å². The summed E-state index contributed by atoms with van der Waals surface area (Å²) >= 11 is 6.21. The Kier molecular flexibility index (Phi) is 6.80. The molecule has 1 fully saturated rings. The molecule has 0 spiro atoms. The average Bonchev–Trinajstić information content (AvgIpc) is 3.25. The van der Waals surface area contributed by atoms with Crippen molar-refractivity contribution in [2.24, 2.45) is 11.8 Å². The fourth-order valence-electron chi connectivity index (χ4n) is 4.94. The molecule has 0 bridgehead atoms. The summed E-state index contributed by atoms with van der Waals surface area (Å²) in [5.74, 6) is 0.142. The van der Waals surface area contributed by atoms with Crippen LogP contribution in [0.5, 0.6) is 0 Å². The second-order valence-corrected chi connectivity index (χ2v) is 11.7. The van der Waals surface area contributed by atoms with Gasteiger partial charge in [-0.1, -0.05) is 42.1 Å². The van der Waals surface area contributed by atoms with Crippen LogP contribution in [0, 0.1) is 24.6 Å². The van der Waals surface area contributed by atoms with Gasteiger partial charge in [0.15, 0.2) is 17.3 Å². The normalized spacial score (nSPS) is 18.6. The van der Waals surface area contributed by atoms with Crippen molar-refractivity contribution in [2.75, 3.05) is 6.61 Å². The summed E-state index contributed by atoms with van der Waals surface area (Å²) in [6, 6.07) is 8.15. The van der Waals surface area contributed by atoms with Crippen LogP contribution < -0.4 is 0 Å². The predicted octanol–water partition coefficient (Wildman–Crippen LogP) is 5.17. The van der Waals surface area contributed by atoms with E-state index in [0.29, 0.717) is 22.4 Å². The number of rotatable bonds is 6. The molecule has 2 atom stereocenters. The van der Waals surface area contributed by atoms with Gasteiger partial charge in [-0.3, -0.25) is 0 Å². The maximum atomic E-state index is 14.7. The van der Waals surface area contributed by atoms with Crippen LogP contribution in [0.3, 0.4) is 0 Å². The second-order valence-electron chi connectivity index (χ2n) is 9.45. The van der Waals surface area contributed by atoms with E-state index >= 15 is 0 Å². The van der Waals surface area contributed by atoms with E-state index in [0.717, 1.165) is 41.4 Å². The number of fused-ring (bicyclic) bond motifs is 1. The fourth-order valence-corrected chi connectivity index (χ4v) is 6.42. The Bertz CT molecular complexity index is 1520. The minimum absolute atomic E-state index is 0.116. The van der Waals surface area contributed by atoms with E-state index in [1.165, 1.54) is 12.4 Å². The van der Waals surface area contributed by atoms with Gasteiger partial charge in [0.05, 0.1) is 21.8 Å². The maximum Gasteiger partial charge on any atom is 0.269 e. The standard InChI is InChI=1S/C26H26ClFN4O3S/c1-16-5-7-20(8-6-16)36(34,35)32-14-22(21-11-19(27)12-30-26(21)32)25-29-13-23(28)24(31-25)10-17-3-2-4-18(9-17)15-33/h5-8,11-14,17-18,33H,2-4,9-10,15H2,1H3/t17-,18-/m1/s1. The molecule has 1 aliphatic rings. The molecule has 0 radical (unpaired) electrons. The molecule has 3 aromatic heterocycles. The van der Waals surface area contributed by atoms with Gasteiger partial charge >= 0.3 is 0 Å². The number of pyridine rings is 1. The molecule has 5 rings (SSSR count). The molecular weight excluding hydrogens is 503 g/mol. The van der Waals surface area contributed by atoms with Gasteiger partial charge in [0, 0.05) is 30.0 Å². The van der Waals surface area contributed by atoms with Gasteiger partial charge in [0.25, 0.3) is 10.0 Å². The summed E-state index contributed by atoms with van der Waals surface area (Å²) in [6.07, 6.45) is 8.09. The molecule has 1 N–H and O–H groups in total. The van der Waals surface area contributed by atoms with Crippen LogP contribution in [0.15, 0.2) is 53.8 Å². The van der Waals surface area contributed by atoms with Crippen LogP contribution in [-0.4, -0.2) is 39.1 Å². The molecule has 1 aliphatic carbocycles. The Morgan fingerprint density at radius 3 is 2.64 bits per heavy atom. The molecule has 7 nitrogen and oxygen atoms in total. The van der Waals surface area contributed by atoms with Crippen molar-refractivity contribution in [3.05, 3.63) is 71.0 Å². The molecule has 10 heteroatoms. The third kappa shape index (κ3) is 4.75. The molecule has 0 saturated heterocycles. The van der Waals surface area contributed by atoms with Crippen molar-refractivity contribution in [3.8, 4) is 11.4 Å². The van der Waals surface area contributed by atoms with Gasteiger partial charge in [-0.2, -0.15) is 0 Å². The Morgan fingerprint density at radius 1 is 1.14 bits per heavy atom. The van der Waals surface area contributed by atoms with Crippen molar-refractivity contribution < 1.29 is 17.9 Å². The zero-order valence-electron chi connectivity index (χ0n) is 19.7. The first-order valence-corrected chi connectivity index (χ1v) is 13.7. The summed E-state index contributed by atoms with van der Waals surface area (Å²) in [5.41, 5.74) is 1.80. The zero-order valence-corrected chi connectivity index (χ0v) is 21.3. The lowest BCUT2D eigenvalue weighted by molar-refractivity contribution is 0.159. The lowest BCUT2D eigenvalue weighted by Crippen LogP contribution is -2.20. The highest BCUT2D eigenvalue weighted by Gasteiger charge is 2.26. The Hall–Kier alpha value is -2.88. The lowest BCUT2D eigenvalue weighted by Gasteiger charge is -2.27. The van der Waals surface area contributed by atoms with Crippen molar-refractivity contribution >= 4 is 32.7 Å². The highest BCUT2D eigenvalue weighted by atomic mass is 35.5. The second kappa shape index (κ2) is 9.88. The number of benzene rings is 1. The van der Waals surface area contributed by atoms with Crippen LogP contribution in [0.4, 0.5) is 4.39 Å². The summed E-state index contributed by atoms with van der Waals surface area (Å²) in [4.78, 5) is 13.1. The lowest BCUT2D eigenvalue weighted by atomic mass is 9.79. The van der Waals surface area contributed by atoms with Crippen LogP contribution in [0.2, 0.25) is 5.02 Å². The number of nitrogens with zero attached hydrogens (tertiary/aromatic N) is 4. The van der Waals surface area contributed by atoms with Crippen LogP contribution in [-0.2, 0) is 16.4 Å². The first-order chi connectivity index (χ1) is 17.3. The minimum atomic E-state index is -3.97. The summed E-state index contributed by atoms with van der Waals surface area (Å²) < 4.78 is 42.8. The highest BCUT2D eigenvalue weighted by Crippen LogP contribution is 2.34. The van der Waals surface area contributed by atoms with Crippen molar-refractivity contribution in [1.29, 1.82) is 0 Å². The van der Waals surface area contributed by atoms with E-state index in [1.807, 2.05) is 6.92 Å². The third-order valence-electron chi connectivity index (χ3n) is 6.85. The zero-order chi connectivity index (χ0) is 25.4. The van der Waals surface area contributed by atoms with E-state index in [9.17, 15) is 17.9 Å².